The van der Waals surface area contributed by atoms with Crippen molar-refractivity contribution in [2.75, 3.05) is 18.1 Å². The van der Waals surface area contributed by atoms with Crippen LogP contribution in [0.3, 0.4) is 0 Å². The van der Waals surface area contributed by atoms with E-state index < -0.39 is 15.4 Å². The second-order valence-electron chi connectivity index (χ2n) is 6.00. The molecule has 1 heterocycles. The fourth-order valence-electron chi connectivity index (χ4n) is 2.46. The van der Waals surface area contributed by atoms with Gasteiger partial charge in [0.1, 0.15) is 0 Å². The summed E-state index contributed by atoms with van der Waals surface area (Å²) in [6.07, 6.45) is 0.396. The van der Waals surface area contributed by atoms with Crippen molar-refractivity contribution < 1.29 is 18.0 Å². The van der Waals surface area contributed by atoms with Crippen molar-refractivity contribution in [3.05, 3.63) is 35.4 Å². The Morgan fingerprint density at radius 2 is 1.86 bits per heavy atom. The maximum atomic E-state index is 11.9. The molecule has 7 heteroatoms. The lowest BCUT2D eigenvalue weighted by atomic mass is 10.0. The molecule has 6 nitrogen and oxygen atoms in total. The van der Waals surface area contributed by atoms with E-state index in [1.165, 1.54) is 0 Å². The quantitative estimate of drug-likeness (QED) is 0.839. The molecule has 0 aromatic heterocycles. The van der Waals surface area contributed by atoms with Crippen molar-refractivity contribution in [1.82, 2.24) is 10.6 Å². The van der Waals surface area contributed by atoms with Crippen LogP contribution in [0.1, 0.15) is 29.3 Å². The first-order valence-electron chi connectivity index (χ1n) is 7.05. The molecule has 1 atom stereocenters. The van der Waals surface area contributed by atoms with Crippen LogP contribution < -0.4 is 10.6 Å². The summed E-state index contributed by atoms with van der Waals surface area (Å²) in [5.74, 6) is -0.698. The van der Waals surface area contributed by atoms with Crippen LogP contribution >= 0.6 is 0 Å². The first-order chi connectivity index (χ1) is 10.2. The van der Waals surface area contributed by atoms with E-state index in [-0.39, 0.29) is 29.9 Å². The lowest BCUT2D eigenvalue weighted by Gasteiger charge is -2.23. The van der Waals surface area contributed by atoms with E-state index in [4.69, 9.17) is 0 Å². The Balaban J connectivity index is 1.85. The molecule has 120 valence electrons. The maximum Gasteiger partial charge on any atom is 0.251 e. The number of carbonyl (C=O) groups is 2. The van der Waals surface area contributed by atoms with Crippen molar-refractivity contribution in [3.63, 3.8) is 0 Å². The van der Waals surface area contributed by atoms with Crippen molar-refractivity contribution in [2.24, 2.45) is 0 Å². The number of aryl methyl sites for hydroxylation is 1. The molecule has 22 heavy (non-hydrogen) atoms. The largest absolute Gasteiger partial charge is 0.348 e. The highest BCUT2D eigenvalue weighted by atomic mass is 32.2. The minimum Gasteiger partial charge on any atom is -0.348 e. The Labute approximate surface area is 130 Å². The van der Waals surface area contributed by atoms with E-state index in [1.54, 1.807) is 19.1 Å². The monoisotopic (exact) mass is 324 g/mol. The Morgan fingerprint density at radius 1 is 1.23 bits per heavy atom. The number of rotatable bonds is 4. The molecule has 0 spiro atoms. The highest BCUT2D eigenvalue weighted by Gasteiger charge is 2.39. The van der Waals surface area contributed by atoms with Gasteiger partial charge in [-0.15, -0.1) is 0 Å². The van der Waals surface area contributed by atoms with Crippen LogP contribution in [0.4, 0.5) is 0 Å². The van der Waals surface area contributed by atoms with E-state index >= 15 is 0 Å². The summed E-state index contributed by atoms with van der Waals surface area (Å²) >= 11 is 0. The van der Waals surface area contributed by atoms with Gasteiger partial charge in [-0.2, -0.15) is 0 Å². The molecule has 2 rings (SSSR count). The summed E-state index contributed by atoms with van der Waals surface area (Å²) in [5, 5.41) is 5.22. The second-order valence-corrected chi connectivity index (χ2v) is 8.18. The first kappa shape index (κ1) is 16.5. The van der Waals surface area contributed by atoms with Gasteiger partial charge >= 0.3 is 0 Å². The van der Waals surface area contributed by atoms with Gasteiger partial charge in [0, 0.05) is 5.56 Å². The number of carbonyl (C=O) groups excluding carboxylic acids is 2. The average molecular weight is 324 g/mol. The van der Waals surface area contributed by atoms with E-state index in [9.17, 15) is 18.0 Å². The summed E-state index contributed by atoms with van der Waals surface area (Å²) in [4.78, 5) is 23.8. The second kappa shape index (κ2) is 6.08. The van der Waals surface area contributed by atoms with E-state index in [2.05, 4.69) is 10.6 Å². The van der Waals surface area contributed by atoms with Crippen molar-refractivity contribution in [3.8, 4) is 0 Å². The molecular formula is C15H20N2O4S. The van der Waals surface area contributed by atoms with E-state index in [0.29, 0.717) is 12.0 Å². The van der Waals surface area contributed by atoms with Crippen LogP contribution in [0.25, 0.3) is 0 Å². The maximum absolute atomic E-state index is 11.9. The minimum atomic E-state index is -3.08. The standard InChI is InChI=1S/C15H20N2O4S/c1-11-3-5-12(6-4-11)14(19)16-9-13(18)17-15(2)7-8-22(20,21)10-15/h3-6H,7-10H2,1-2H3,(H,16,19)(H,17,18). The molecule has 1 unspecified atom stereocenters. The van der Waals surface area contributed by atoms with Gasteiger partial charge < -0.3 is 10.6 Å². The van der Waals surface area contributed by atoms with E-state index in [1.807, 2.05) is 19.1 Å². The zero-order chi connectivity index (χ0) is 16.4. The summed E-state index contributed by atoms with van der Waals surface area (Å²) in [7, 11) is -3.08. The first-order valence-corrected chi connectivity index (χ1v) is 8.88. The number of sulfone groups is 1. The van der Waals surface area contributed by atoms with Gasteiger partial charge in [0.2, 0.25) is 5.91 Å². The third kappa shape index (κ3) is 4.30. The van der Waals surface area contributed by atoms with Crippen LogP contribution in [0, 0.1) is 6.92 Å². The van der Waals surface area contributed by atoms with Crippen LogP contribution in [-0.4, -0.2) is 43.8 Å². The van der Waals surface area contributed by atoms with Crippen molar-refractivity contribution >= 4 is 21.7 Å². The molecule has 0 radical (unpaired) electrons. The Morgan fingerprint density at radius 3 is 2.41 bits per heavy atom. The zero-order valence-corrected chi connectivity index (χ0v) is 13.5. The van der Waals surface area contributed by atoms with Gasteiger partial charge in [-0.1, -0.05) is 17.7 Å². The molecule has 2 N–H and O–H groups in total. The van der Waals surface area contributed by atoms with Gasteiger partial charge in [-0.3, -0.25) is 9.59 Å². The number of amides is 2. The molecule has 1 aromatic carbocycles. The molecule has 2 amide bonds. The van der Waals surface area contributed by atoms with Crippen LogP contribution in [0.15, 0.2) is 24.3 Å². The normalized spacial score (nSPS) is 23.0. The highest BCUT2D eigenvalue weighted by Crippen LogP contribution is 2.22. The van der Waals surface area contributed by atoms with Crippen LogP contribution in [-0.2, 0) is 14.6 Å². The highest BCUT2D eigenvalue weighted by molar-refractivity contribution is 7.91. The summed E-state index contributed by atoms with van der Waals surface area (Å²) < 4.78 is 23.0. The molecular weight excluding hydrogens is 304 g/mol. The van der Waals surface area contributed by atoms with Gasteiger partial charge in [0.25, 0.3) is 5.91 Å². The molecule has 1 aromatic rings. The van der Waals surface area contributed by atoms with E-state index in [0.717, 1.165) is 5.56 Å². The van der Waals surface area contributed by atoms with Crippen molar-refractivity contribution in [2.45, 2.75) is 25.8 Å². The third-order valence-electron chi connectivity index (χ3n) is 3.67. The smallest absolute Gasteiger partial charge is 0.251 e. The van der Waals surface area contributed by atoms with Crippen molar-refractivity contribution in [1.29, 1.82) is 0 Å². The summed E-state index contributed by atoms with van der Waals surface area (Å²) in [6, 6.07) is 7.01. The molecule has 1 saturated heterocycles. The fourth-order valence-corrected chi connectivity index (χ4v) is 4.55. The third-order valence-corrected chi connectivity index (χ3v) is 5.57. The molecule has 1 aliphatic heterocycles. The average Bonchev–Trinajstić information content (AvgIpc) is 2.70. The molecule has 0 bridgehead atoms. The number of hydrogen-bond acceptors (Lipinski definition) is 4. The van der Waals surface area contributed by atoms with Crippen LogP contribution in [0.5, 0.6) is 0 Å². The zero-order valence-electron chi connectivity index (χ0n) is 12.7. The Bertz CT molecular complexity index is 682. The summed E-state index contributed by atoms with van der Waals surface area (Å²) in [6.45, 7) is 3.45. The lowest BCUT2D eigenvalue weighted by molar-refractivity contribution is -0.121. The predicted octanol–water partition coefficient (Wildman–Crippen LogP) is 0.418. The molecule has 1 fully saturated rings. The number of nitrogens with one attached hydrogen (secondary N) is 2. The van der Waals surface area contributed by atoms with Gasteiger partial charge in [0.15, 0.2) is 9.84 Å². The Hall–Kier alpha value is -1.89. The molecule has 0 aliphatic carbocycles. The fraction of sp³-hybridized carbons (Fsp3) is 0.467. The number of benzene rings is 1. The molecule has 0 saturated carbocycles. The van der Waals surface area contributed by atoms with Gasteiger partial charge in [0.05, 0.1) is 23.6 Å². The van der Waals surface area contributed by atoms with Gasteiger partial charge in [-0.25, -0.2) is 8.42 Å². The molecule has 1 aliphatic rings. The Kier molecular flexibility index (Phi) is 4.55. The lowest BCUT2D eigenvalue weighted by Crippen LogP contribution is -2.50. The summed E-state index contributed by atoms with van der Waals surface area (Å²) in [5.41, 5.74) is 0.780. The van der Waals surface area contributed by atoms with Gasteiger partial charge in [-0.05, 0) is 32.4 Å². The minimum absolute atomic E-state index is 0.0579. The predicted molar refractivity (Wildman–Crippen MR) is 83.3 cm³/mol. The SMILES string of the molecule is Cc1ccc(C(=O)NCC(=O)NC2(C)CCS(=O)(=O)C2)cc1. The topological polar surface area (TPSA) is 92.3 Å². The number of hydrogen-bond donors (Lipinski definition) is 2. The van der Waals surface area contributed by atoms with Crippen LogP contribution in [0.2, 0.25) is 0 Å².